The van der Waals surface area contributed by atoms with Gasteiger partial charge in [0.05, 0.1) is 0 Å². The summed E-state index contributed by atoms with van der Waals surface area (Å²) in [7, 11) is 0. The van der Waals surface area contributed by atoms with Gasteiger partial charge in [0.25, 0.3) is 0 Å². The number of hydrogen-bond acceptors (Lipinski definition) is 3. The van der Waals surface area contributed by atoms with Crippen molar-refractivity contribution in [1.29, 1.82) is 0 Å². The van der Waals surface area contributed by atoms with Crippen LogP contribution in [-0.4, -0.2) is 18.4 Å². The van der Waals surface area contributed by atoms with E-state index in [2.05, 4.69) is 0 Å². The summed E-state index contributed by atoms with van der Waals surface area (Å²) in [6.45, 7) is 3.46. The standard InChI is InChI=1S/C9H12O3/c1-6-3-4-8(7(2)5-10)12-9(6)11/h3,5,7-8H,4H2,1-2H3/t7-,8+/m1/s1. The molecule has 0 saturated carbocycles. The summed E-state index contributed by atoms with van der Waals surface area (Å²) in [5, 5.41) is 0. The zero-order valence-electron chi connectivity index (χ0n) is 7.24. The second-order valence-electron chi connectivity index (χ2n) is 3.06. The molecular weight excluding hydrogens is 156 g/mol. The molecule has 0 saturated heterocycles. The van der Waals surface area contributed by atoms with Gasteiger partial charge in [0.1, 0.15) is 12.4 Å². The Hall–Kier alpha value is -1.12. The van der Waals surface area contributed by atoms with Crippen molar-refractivity contribution in [2.75, 3.05) is 0 Å². The normalized spacial score (nSPS) is 25.7. The number of carbonyl (C=O) groups is 2. The van der Waals surface area contributed by atoms with Gasteiger partial charge >= 0.3 is 5.97 Å². The Balaban J connectivity index is 2.64. The summed E-state index contributed by atoms with van der Waals surface area (Å²) in [5.41, 5.74) is 0.629. The van der Waals surface area contributed by atoms with E-state index >= 15 is 0 Å². The lowest BCUT2D eigenvalue weighted by Crippen LogP contribution is -2.29. The highest BCUT2D eigenvalue weighted by molar-refractivity contribution is 5.88. The van der Waals surface area contributed by atoms with Crippen LogP contribution in [0.25, 0.3) is 0 Å². The minimum absolute atomic E-state index is 0.210. The molecule has 3 heteroatoms. The first kappa shape index (κ1) is 8.97. The Kier molecular flexibility index (Phi) is 2.63. The maximum Gasteiger partial charge on any atom is 0.333 e. The zero-order valence-corrected chi connectivity index (χ0v) is 7.24. The summed E-state index contributed by atoms with van der Waals surface area (Å²) < 4.78 is 5.01. The summed E-state index contributed by atoms with van der Waals surface area (Å²) in [4.78, 5) is 21.4. The summed E-state index contributed by atoms with van der Waals surface area (Å²) in [6, 6.07) is 0. The Morgan fingerprint density at radius 2 is 2.42 bits per heavy atom. The number of cyclic esters (lactones) is 1. The number of aldehydes is 1. The second kappa shape index (κ2) is 3.52. The van der Waals surface area contributed by atoms with Crippen LogP contribution in [0.5, 0.6) is 0 Å². The summed E-state index contributed by atoms with van der Waals surface area (Å²) in [5.74, 6) is -0.516. The van der Waals surface area contributed by atoms with Crippen molar-refractivity contribution in [3.05, 3.63) is 11.6 Å². The molecule has 0 aromatic carbocycles. The molecular formula is C9H12O3. The smallest absolute Gasteiger partial charge is 0.333 e. The lowest BCUT2D eigenvalue weighted by atomic mass is 10.00. The molecule has 0 aliphatic carbocycles. The van der Waals surface area contributed by atoms with E-state index in [1.54, 1.807) is 13.8 Å². The van der Waals surface area contributed by atoms with Gasteiger partial charge in [-0.1, -0.05) is 13.0 Å². The van der Waals surface area contributed by atoms with Gasteiger partial charge in [0.2, 0.25) is 0 Å². The molecule has 1 aliphatic rings. The van der Waals surface area contributed by atoms with Crippen LogP contribution < -0.4 is 0 Å². The average Bonchev–Trinajstić information content (AvgIpc) is 2.08. The molecule has 1 rings (SSSR count). The van der Waals surface area contributed by atoms with Crippen LogP contribution >= 0.6 is 0 Å². The fraction of sp³-hybridized carbons (Fsp3) is 0.556. The molecule has 66 valence electrons. The Bertz CT molecular complexity index is 230. The summed E-state index contributed by atoms with van der Waals surface area (Å²) >= 11 is 0. The topological polar surface area (TPSA) is 43.4 Å². The van der Waals surface area contributed by atoms with Crippen LogP contribution in [0.4, 0.5) is 0 Å². The van der Waals surface area contributed by atoms with E-state index in [4.69, 9.17) is 4.74 Å². The third kappa shape index (κ3) is 1.72. The van der Waals surface area contributed by atoms with E-state index in [1.165, 1.54) is 0 Å². The Labute approximate surface area is 71.4 Å². The minimum atomic E-state index is -0.306. The van der Waals surface area contributed by atoms with E-state index in [-0.39, 0.29) is 18.0 Å². The largest absolute Gasteiger partial charge is 0.458 e. The van der Waals surface area contributed by atoms with Gasteiger partial charge in [0.15, 0.2) is 0 Å². The first-order chi connectivity index (χ1) is 5.65. The molecule has 0 bridgehead atoms. The second-order valence-corrected chi connectivity index (χ2v) is 3.06. The van der Waals surface area contributed by atoms with Crippen LogP contribution in [0.1, 0.15) is 20.3 Å². The zero-order chi connectivity index (χ0) is 9.14. The van der Waals surface area contributed by atoms with E-state index < -0.39 is 0 Å². The molecule has 0 radical (unpaired) electrons. The molecule has 12 heavy (non-hydrogen) atoms. The summed E-state index contributed by atoms with van der Waals surface area (Å²) in [6.07, 6.45) is 3.01. The van der Waals surface area contributed by atoms with Crippen molar-refractivity contribution in [3.8, 4) is 0 Å². The third-order valence-electron chi connectivity index (χ3n) is 2.04. The number of rotatable bonds is 2. The van der Waals surface area contributed by atoms with E-state index in [9.17, 15) is 9.59 Å². The van der Waals surface area contributed by atoms with Gasteiger partial charge in [-0.2, -0.15) is 0 Å². The first-order valence-electron chi connectivity index (χ1n) is 3.98. The number of ether oxygens (including phenoxy) is 1. The molecule has 0 spiro atoms. The molecule has 1 aliphatic heterocycles. The molecule has 0 fully saturated rings. The van der Waals surface area contributed by atoms with Crippen molar-refractivity contribution in [1.82, 2.24) is 0 Å². The fourth-order valence-electron chi connectivity index (χ4n) is 1.06. The van der Waals surface area contributed by atoms with Crippen LogP contribution in [0, 0.1) is 5.92 Å². The lowest BCUT2D eigenvalue weighted by molar-refractivity contribution is -0.148. The quantitative estimate of drug-likeness (QED) is 0.457. The van der Waals surface area contributed by atoms with Crippen LogP contribution in [0.3, 0.4) is 0 Å². The van der Waals surface area contributed by atoms with E-state index in [0.717, 1.165) is 6.29 Å². The van der Waals surface area contributed by atoms with Crippen molar-refractivity contribution < 1.29 is 14.3 Å². The molecule has 0 unspecified atom stereocenters. The molecule has 0 aromatic rings. The van der Waals surface area contributed by atoms with E-state index in [1.807, 2.05) is 6.08 Å². The van der Waals surface area contributed by atoms with Gasteiger partial charge in [-0.25, -0.2) is 4.79 Å². The van der Waals surface area contributed by atoms with Crippen molar-refractivity contribution in [3.63, 3.8) is 0 Å². The Morgan fingerprint density at radius 1 is 1.75 bits per heavy atom. The molecule has 2 atom stereocenters. The number of carbonyl (C=O) groups excluding carboxylic acids is 2. The van der Waals surface area contributed by atoms with Crippen molar-refractivity contribution >= 4 is 12.3 Å². The van der Waals surface area contributed by atoms with Crippen LogP contribution in [0.2, 0.25) is 0 Å². The third-order valence-corrected chi connectivity index (χ3v) is 2.04. The monoisotopic (exact) mass is 168 g/mol. The van der Waals surface area contributed by atoms with Gasteiger partial charge in [-0.05, 0) is 6.92 Å². The molecule has 3 nitrogen and oxygen atoms in total. The average molecular weight is 168 g/mol. The highest BCUT2D eigenvalue weighted by Crippen LogP contribution is 2.18. The Morgan fingerprint density at radius 3 is 2.92 bits per heavy atom. The number of hydrogen-bond donors (Lipinski definition) is 0. The van der Waals surface area contributed by atoms with Gasteiger partial charge in [0, 0.05) is 17.9 Å². The maximum atomic E-state index is 11.0. The number of esters is 1. The predicted molar refractivity (Wildman–Crippen MR) is 43.5 cm³/mol. The fourth-order valence-corrected chi connectivity index (χ4v) is 1.06. The first-order valence-corrected chi connectivity index (χ1v) is 3.98. The van der Waals surface area contributed by atoms with Crippen molar-refractivity contribution in [2.45, 2.75) is 26.4 Å². The van der Waals surface area contributed by atoms with Crippen LogP contribution in [-0.2, 0) is 14.3 Å². The van der Waals surface area contributed by atoms with Gasteiger partial charge < -0.3 is 9.53 Å². The van der Waals surface area contributed by atoms with E-state index in [0.29, 0.717) is 12.0 Å². The molecule has 1 heterocycles. The van der Waals surface area contributed by atoms with Gasteiger partial charge in [-0.15, -0.1) is 0 Å². The minimum Gasteiger partial charge on any atom is -0.458 e. The van der Waals surface area contributed by atoms with Crippen molar-refractivity contribution in [2.24, 2.45) is 5.92 Å². The predicted octanol–water partition coefficient (Wildman–Crippen LogP) is 1.08. The molecule has 0 amide bonds. The maximum absolute atomic E-state index is 11.0. The molecule has 0 N–H and O–H groups in total. The van der Waals surface area contributed by atoms with Crippen LogP contribution in [0.15, 0.2) is 11.6 Å². The van der Waals surface area contributed by atoms with Gasteiger partial charge in [-0.3, -0.25) is 0 Å². The SMILES string of the molecule is CC1=CC[C@@H]([C@H](C)C=O)OC1=O. The molecule has 0 aromatic heterocycles. The highest BCUT2D eigenvalue weighted by Gasteiger charge is 2.24. The lowest BCUT2D eigenvalue weighted by Gasteiger charge is -2.23. The highest BCUT2D eigenvalue weighted by atomic mass is 16.5.